The molecule has 0 N–H and O–H groups in total. The summed E-state index contributed by atoms with van der Waals surface area (Å²) in [5.41, 5.74) is 12.4. The summed E-state index contributed by atoms with van der Waals surface area (Å²) in [6, 6.07) is 33.1. The van der Waals surface area contributed by atoms with Crippen molar-refractivity contribution in [2.24, 2.45) is 0 Å². The van der Waals surface area contributed by atoms with Gasteiger partial charge in [-0.2, -0.15) is 6.07 Å². The van der Waals surface area contributed by atoms with E-state index in [1.807, 2.05) is 0 Å². The second kappa shape index (κ2) is 12.3. The molecule has 0 saturated carbocycles. The van der Waals surface area contributed by atoms with Crippen LogP contribution in [0.1, 0.15) is 55.6 Å². The molecule has 5 heteroatoms. The van der Waals surface area contributed by atoms with Gasteiger partial charge in [-0.1, -0.05) is 100 Å². The van der Waals surface area contributed by atoms with E-state index in [1.54, 1.807) is 16.3 Å². The number of para-hydroxylation sites is 1. The molecule has 1 aliphatic carbocycles. The average molecular weight is 675 g/mol. The van der Waals surface area contributed by atoms with Crippen LogP contribution in [0.4, 0.5) is 0 Å². The Kier molecular flexibility index (Phi) is 10.0. The van der Waals surface area contributed by atoms with Crippen molar-refractivity contribution in [2.45, 2.75) is 58.7 Å². The smallest absolute Gasteiger partial charge is 1.00 e. The molecule has 1 atom stereocenters. The van der Waals surface area contributed by atoms with Crippen LogP contribution in [0.5, 0.6) is 0 Å². The van der Waals surface area contributed by atoms with Crippen LogP contribution in [0.25, 0.3) is 32.8 Å². The topological polar surface area (TPSA) is 4.93 Å². The van der Waals surface area contributed by atoms with E-state index in [1.165, 1.54) is 44.4 Å². The van der Waals surface area contributed by atoms with Crippen LogP contribution in [-0.2, 0) is 31.6 Å². The minimum atomic E-state index is -1.17. The van der Waals surface area contributed by atoms with Crippen LogP contribution in [0, 0.1) is 6.92 Å². The summed E-state index contributed by atoms with van der Waals surface area (Å²) >= 11 is 0. The van der Waals surface area contributed by atoms with Crippen LogP contribution >= 0.6 is 0 Å². The molecule has 1 radical (unpaired) electrons. The number of benzene rings is 3. The fraction of sp³-hybridized carbons (Fsp3) is 0.250. The molecule has 2 bridgehead atoms. The molecule has 1 nitrogen and oxygen atoms in total. The third kappa shape index (κ3) is 5.68. The Morgan fingerprint density at radius 1 is 0.805 bits per heavy atom. The summed E-state index contributed by atoms with van der Waals surface area (Å²) in [4.78, 5) is 0. The fourth-order valence-corrected chi connectivity index (χ4v) is 11.2. The molecule has 209 valence electrons. The van der Waals surface area contributed by atoms with Gasteiger partial charge in [0.05, 0.1) is 8.07 Å². The maximum atomic E-state index is 2.51. The van der Waals surface area contributed by atoms with E-state index in [0.717, 1.165) is 5.54 Å². The Morgan fingerprint density at radius 2 is 1.46 bits per heavy atom. The second-order valence-corrected chi connectivity index (χ2v) is 17.2. The monoisotopic (exact) mass is 672 g/mol. The number of hydrogen-bond donors (Lipinski definition) is 0. The number of allylic oxidation sites excluding steroid dienone is 1. The van der Waals surface area contributed by atoms with Crippen molar-refractivity contribution in [2.75, 3.05) is 0 Å². The predicted molar refractivity (Wildman–Crippen MR) is 167 cm³/mol. The van der Waals surface area contributed by atoms with Crippen LogP contribution in [0.15, 0.2) is 103 Å². The van der Waals surface area contributed by atoms with Crippen molar-refractivity contribution in [3.05, 3.63) is 125 Å². The van der Waals surface area contributed by atoms with Gasteiger partial charge in [-0.15, -0.1) is 34.5 Å². The molecule has 41 heavy (non-hydrogen) atoms. The zero-order valence-electron chi connectivity index (χ0n) is 25.0. The molecule has 1 aromatic heterocycles. The number of halogens is 2. The number of aromatic nitrogens is 1. The van der Waals surface area contributed by atoms with Gasteiger partial charge in [0.1, 0.15) is 0 Å². The molecule has 0 spiro atoms. The van der Waals surface area contributed by atoms with Gasteiger partial charge in [0.15, 0.2) is 0 Å². The molecule has 0 saturated heterocycles. The summed E-state index contributed by atoms with van der Waals surface area (Å²) in [6.45, 7) is 16.3. The molecule has 5 aromatic rings. The summed E-state index contributed by atoms with van der Waals surface area (Å²) in [6.07, 6.45) is 2.24. The Bertz CT molecular complexity index is 1690. The van der Waals surface area contributed by atoms with E-state index in [2.05, 4.69) is 149 Å². The molecule has 2 aliphatic heterocycles. The van der Waals surface area contributed by atoms with E-state index >= 15 is 0 Å². The van der Waals surface area contributed by atoms with Gasteiger partial charge < -0.3 is 29.4 Å². The van der Waals surface area contributed by atoms with Crippen LogP contribution in [0.2, 0.25) is 13.1 Å². The minimum Gasteiger partial charge on any atom is -1.00 e. The molecular formula is C36H38Cl2NSiZr. The van der Waals surface area contributed by atoms with Crippen LogP contribution in [0.3, 0.4) is 0 Å². The second-order valence-electron chi connectivity index (χ2n) is 12.7. The molecule has 3 heterocycles. The first-order valence-electron chi connectivity index (χ1n) is 13.8. The quantitative estimate of drug-likeness (QED) is 0.197. The zero-order valence-corrected chi connectivity index (χ0v) is 30.0. The summed E-state index contributed by atoms with van der Waals surface area (Å²) in [5, 5.41) is 4.39. The SMILES string of the molecule is CC1=C2c3c(ccn3-c3ccccc3)C1[Si]2(C)C.Cc1cc2c(-c3ccc(C(C)(C)C)cc3)cccc2[cH-]1.[Cl-].[Cl-].[Zr+3]. The normalized spacial score (nSPS) is 15.9. The Balaban J connectivity index is 0.000000211. The van der Waals surface area contributed by atoms with E-state index in [9.17, 15) is 0 Å². The first kappa shape index (κ1) is 33.5. The standard InChI is InChI=1S/C20H21.C16H17NSi.2ClH.Zr/c1-14-12-16-6-5-7-18(19(16)13-14)15-8-10-17(11-9-15)20(2,3)4;1-11-15-13-9-10-17(12-7-5-4-6-8-12)14(13)16(11)18(15,2)3;;;/h5-13H,1-4H3;4-10,15H,1-3H3;2*1H;/q-1;;;;+3/p-2. The Labute approximate surface area is 278 Å². The Hall–Kier alpha value is -2.03. The molecule has 1 unspecified atom stereocenters. The minimum absolute atomic E-state index is 0. The number of aryl methyl sites for hydroxylation is 1. The van der Waals surface area contributed by atoms with Crippen molar-refractivity contribution in [3.63, 3.8) is 0 Å². The van der Waals surface area contributed by atoms with Gasteiger partial charge in [-0.05, 0) is 52.4 Å². The maximum Gasteiger partial charge on any atom is 3.00 e. The third-order valence-corrected chi connectivity index (χ3v) is 12.8. The van der Waals surface area contributed by atoms with Crippen molar-refractivity contribution in [1.29, 1.82) is 0 Å². The van der Waals surface area contributed by atoms with E-state index < -0.39 is 8.07 Å². The molecule has 0 fully saturated rings. The van der Waals surface area contributed by atoms with Crippen LogP contribution < -0.4 is 24.8 Å². The van der Waals surface area contributed by atoms with Gasteiger partial charge in [0, 0.05) is 23.1 Å². The number of hydrogen-bond acceptors (Lipinski definition) is 0. The zero-order chi connectivity index (χ0) is 26.8. The Morgan fingerprint density at radius 3 is 2.07 bits per heavy atom. The number of nitrogens with zero attached hydrogens (tertiary/aromatic N) is 1. The van der Waals surface area contributed by atoms with Crippen molar-refractivity contribution >= 4 is 24.0 Å². The van der Waals surface area contributed by atoms with Gasteiger partial charge in [0.2, 0.25) is 0 Å². The fourth-order valence-electron chi connectivity index (χ4n) is 6.91. The molecule has 3 aliphatic rings. The van der Waals surface area contributed by atoms with Gasteiger partial charge >= 0.3 is 26.2 Å². The maximum absolute atomic E-state index is 2.51. The molecular weight excluding hydrogens is 637 g/mol. The third-order valence-electron chi connectivity index (χ3n) is 8.65. The van der Waals surface area contributed by atoms with Crippen LogP contribution in [-0.4, -0.2) is 12.6 Å². The molecule has 8 rings (SSSR count). The summed E-state index contributed by atoms with van der Waals surface area (Å²) in [7, 11) is -1.17. The summed E-state index contributed by atoms with van der Waals surface area (Å²) < 4.78 is 2.38. The first-order chi connectivity index (χ1) is 18.1. The van der Waals surface area contributed by atoms with Gasteiger partial charge in [-0.25, -0.2) is 0 Å². The van der Waals surface area contributed by atoms with Crippen molar-refractivity contribution < 1.29 is 51.0 Å². The van der Waals surface area contributed by atoms with E-state index in [-0.39, 0.29) is 56.4 Å². The van der Waals surface area contributed by atoms with E-state index in [0.29, 0.717) is 0 Å². The summed E-state index contributed by atoms with van der Waals surface area (Å²) in [5.74, 6) is 0. The van der Waals surface area contributed by atoms with Gasteiger partial charge in [-0.3, -0.25) is 0 Å². The van der Waals surface area contributed by atoms with Gasteiger partial charge in [0.25, 0.3) is 0 Å². The number of rotatable bonds is 2. The van der Waals surface area contributed by atoms with Crippen molar-refractivity contribution in [3.8, 4) is 16.8 Å². The molecule has 4 aromatic carbocycles. The number of fused-ring (bicyclic) bond motifs is 1. The first-order valence-corrected chi connectivity index (χ1v) is 16.9. The average Bonchev–Trinajstić information content (AvgIpc) is 3.60. The molecule has 0 amide bonds. The largest absolute Gasteiger partial charge is 3.00 e. The van der Waals surface area contributed by atoms with Crippen molar-refractivity contribution in [1.82, 2.24) is 4.57 Å². The van der Waals surface area contributed by atoms with E-state index in [4.69, 9.17) is 0 Å². The predicted octanol–water partition coefficient (Wildman–Crippen LogP) is 3.99.